The van der Waals surface area contributed by atoms with Crippen LogP contribution in [0.15, 0.2) is 24.3 Å². The van der Waals surface area contributed by atoms with E-state index in [-0.39, 0.29) is 0 Å². The monoisotopic (exact) mass is 268 g/mol. The summed E-state index contributed by atoms with van der Waals surface area (Å²) in [5, 5.41) is 7.51. The fourth-order valence-electron chi connectivity index (χ4n) is 5.64. The van der Waals surface area contributed by atoms with Gasteiger partial charge in [-0.25, -0.2) is 0 Å². The fraction of sp³-hybridized carbons (Fsp3) is 0.667. The zero-order chi connectivity index (χ0) is 13.1. The molecule has 0 saturated heterocycles. The van der Waals surface area contributed by atoms with Crippen LogP contribution in [0.4, 0.5) is 0 Å². The summed E-state index contributed by atoms with van der Waals surface area (Å²) in [5.41, 5.74) is 3.08. The predicted octanol–water partition coefficient (Wildman–Crippen LogP) is 2.51. The standard InChI is InChI=1S/C18H24N2/c1-2-4-15-13(3-1)8-19-9-14(15)10-20-18-16-11-5-6-12(7-11)17(16)18/h1-4,11-12,14,16-20H,5-10H2. The minimum absolute atomic E-state index is 0.666. The van der Waals surface area contributed by atoms with Crippen LogP contribution in [-0.2, 0) is 6.54 Å². The minimum atomic E-state index is 0.666. The van der Waals surface area contributed by atoms with E-state index >= 15 is 0 Å². The number of rotatable bonds is 3. The summed E-state index contributed by atoms with van der Waals surface area (Å²) >= 11 is 0. The van der Waals surface area contributed by atoms with Crippen molar-refractivity contribution in [3.63, 3.8) is 0 Å². The summed E-state index contributed by atoms with van der Waals surface area (Å²) in [7, 11) is 0. The highest BCUT2D eigenvalue weighted by Gasteiger charge is 2.64. The average molecular weight is 268 g/mol. The van der Waals surface area contributed by atoms with Crippen LogP contribution in [0.1, 0.15) is 36.3 Å². The van der Waals surface area contributed by atoms with Gasteiger partial charge in [0.1, 0.15) is 0 Å². The summed E-state index contributed by atoms with van der Waals surface area (Å²) in [6.07, 6.45) is 4.61. The topological polar surface area (TPSA) is 24.1 Å². The molecule has 4 aliphatic rings. The van der Waals surface area contributed by atoms with E-state index < -0.39 is 0 Å². The summed E-state index contributed by atoms with van der Waals surface area (Å²) in [5.74, 6) is 4.94. The van der Waals surface area contributed by atoms with Crippen LogP contribution in [0.5, 0.6) is 0 Å². The molecule has 2 heteroatoms. The van der Waals surface area contributed by atoms with E-state index in [0.717, 1.165) is 42.8 Å². The molecule has 5 rings (SSSR count). The summed E-state index contributed by atoms with van der Waals surface area (Å²) < 4.78 is 0. The first-order valence-electron chi connectivity index (χ1n) is 8.44. The van der Waals surface area contributed by atoms with Crippen LogP contribution in [0.25, 0.3) is 0 Å². The van der Waals surface area contributed by atoms with Gasteiger partial charge in [-0.2, -0.15) is 0 Å². The number of nitrogens with one attached hydrogen (secondary N) is 2. The first-order valence-corrected chi connectivity index (χ1v) is 8.44. The molecule has 20 heavy (non-hydrogen) atoms. The van der Waals surface area contributed by atoms with Crippen LogP contribution in [0.2, 0.25) is 0 Å². The van der Waals surface area contributed by atoms with Crippen molar-refractivity contribution in [1.82, 2.24) is 10.6 Å². The Morgan fingerprint density at radius 1 is 1.10 bits per heavy atom. The highest BCUT2D eigenvalue weighted by molar-refractivity contribution is 5.33. The predicted molar refractivity (Wildman–Crippen MR) is 80.5 cm³/mol. The Labute approximate surface area is 121 Å². The summed E-state index contributed by atoms with van der Waals surface area (Å²) in [6, 6.07) is 9.85. The molecule has 5 atom stereocenters. The number of hydrogen-bond acceptors (Lipinski definition) is 2. The van der Waals surface area contributed by atoms with E-state index in [2.05, 4.69) is 34.9 Å². The Balaban J connectivity index is 1.26. The van der Waals surface area contributed by atoms with Gasteiger partial charge in [-0.15, -0.1) is 0 Å². The molecule has 2 N–H and O–H groups in total. The Morgan fingerprint density at radius 2 is 1.90 bits per heavy atom. The smallest absolute Gasteiger partial charge is 0.0208 e. The van der Waals surface area contributed by atoms with Gasteiger partial charge in [0, 0.05) is 31.6 Å². The average Bonchev–Trinajstić information content (AvgIpc) is 2.88. The largest absolute Gasteiger partial charge is 0.313 e. The highest BCUT2D eigenvalue weighted by Crippen LogP contribution is 2.65. The Bertz CT molecular complexity index is 510. The maximum absolute atomic E-state index is 3.93. The second kappa shape index (κ2) is 4.32. The van der Waals surface area contributed by atoms with Crippen LogP contribution < -0.4 is 10.6 Å². The zero-order valence-corrected chi connectivity index (χ0v) is 12.0. The first-order chi connectivity index (χ1) is 9.92. The molecule has 0 spiro atoms. The molecule has 2 bridgehead atoms. The Kier molecular flexibility index (Phi) is 2.54. The molecule has 1 heterocycles. The third-order valence-electron chi connectivity index (χ3n) is 6.54. The lowest BCUT2D eigenvalue weighted by Gasteiger charge is -2.27. The van der Waals surface area contributed by atoms with E-state index in [4.69, 9.17) is 0 Å². The third kappa shape index (κ3) is 1.64. The second-order valence-electron chi connectivity index (χ2n) is 7.45. The van der Waals surface area contributed by atoms with E-state index in [1.807, 2.05) is 0 Å². The van der Waals surface area contributed by atoms with Crippen molar-refractivity contribution >= 4 is 0 Å². The molecule has 106 valence electrons. The van der Waals surface area contributed by atoms with Crippen molar-refractivity contribution in [2.75, 3.05) is 13.1 Å². The van der Waals surface area contributed by atoms with Gasteiger partial charge >= 0.3 is 0 Å². The Hall–Kier alpha value is -0.860. The van der Waals surface area contributed by atoms with E-state index in [1.54, 1.807) is 12.0 Å². The second-order valence-corrected chi connectivity index (χ2v) is 7.45. The number of benzene rings is 1. The Morgan fingerprint density at radius 3 is 2.75 bits per heavy atom. The van der Waals surface area contributed by atoms with Gasteiger partial charge in [0.2, 0.25) is 0 Å². The quantitative estimate of drug-likeness (QED) is 0.880. The van der Waals surface area contributed by atoms with Crippen molar-refractivity contribution < 1.29 is 0 Å². The molecule has 2 nitrogen and oxygen atoms in total. The first kappa shape index (κ1) is 11.8. The van der Waals surface area contributed by atoms with Gasteiger partial charge in [-0.05, 0) is 54.1 Å². The number of hydrogen-bond donors (Lipinski definition) is 2. The maximum atomic E-state index is 3.93. The summed E-state index contributed by atoms with van der Waals surface area (Å²) in [6.45, 7) is 3.35. The van der Waals surface area contributed by atoms with Crippen LogP contribution >= 0.6 is 0 Å². The molecule has 5 unspecified atom stereocenters. The lowest BCUT2D eigenvalue weighted by molar-refractivity contribution is 0.435. The molecule has 3 fully saturated rings. The maximum Gasteiger partial charge on any atom is 0.0208 e. The third-order valence-corrected chi connectivity index (χ3v) is 6.54. The lowest BCUT2D eigenvalue weighted by atomic mass is 9.91. The van der Waals surface area contributed by atoms with Crippen LogP contribution in [0.3, 0.4) is 0 Å². The van der Waals surface area contributed by atoms with E-state index in [0.29, 0.717) is 5.92 Å². The van der Waals surface area contributed by atoms with Crippen molar-refractivity contribution in [2.24, 2.45) is 23.7 Å². The summed E-state index contributed by atoms with van der Waals surface area (Å²) in [4.78, 5) is 0. The van der Waals surface area contributed by atoms with Gasteiger partial charge in [-0.1, -0.05) is 24.3 Å². The molecule has 0 aromatic heterocycles. The van der Waals surface area contributed by atoms with E-state index in [9.17, 15) is 0 Å². The molecule has 1 aromatic rings. The SMILES string of the molecule is c1ccc2c(c1)CNCC2CNC1C2C3CCC(C3)C12. The van der Waals surface area contributed by atoms with Crippen molar-refractivity contribution in [2.45, 2.75) is 37.8 Å². The van der Waals surface area contributed by atoms with Crippen LogP contribution in [0, 0.1) is 23.7 Å². The van der Waals surface area contributed by atoms with Gasteiger partial charge in [-0.3, -0.25) is 0 Å². The molecule has 3 aliphatic carbocycles. The molecule has 3 saturated carbocycles. The van der Waals surface area contributed by atoms with Gasteiger partial charge < -0.3 is 10.6 Å². The minimum Gasteiger partial charge on any atom is -0.313 e. The van der Waals surface area contributed by atoms with Gasteiger partial charge in [0.25, 0.3) is 0 Å². The highest BCUT2D eigenvalue weighted by atomic mass is 15.0. The molecular formula is C18H24N2. The van der Waals surface area contributed by atoms with Crippen molar-refractivity contribution in [3.05, 3.63) is 35.4 Å². The number of fused-ring (bicyclic) bond motifs is 6. The molecular weight excluding hydrogens is 244 g/mol. The lowest BCUT2D eigenvalue weighted by Crippen LogP contribution is -2.36. The van der Waals surface area contributed by atoms with Gasteiger partial charge in [0.05, 0.1) is 0 Å². The van der Waals surface area contributed by atoms with Crippen molar-refractivity contribution in [1.29, 1.82) is 0 Å². The zero-order valence-electron chi connectivity index (χ0n) is 12.0. The normalized spacial score (nSPS) is 44.2. The fourth-order valence-corrected chi connectivity index (χ4v) is 5.64. The molecule has 0 amide bonds. The van der Waals surface area contributed by atoms with Gasteiger partial charge in [0.15, 0.2) is 0 Å². The molecule has 1 aromatic carbocycles. The molecule has 1 aliphatic heterocycles. The molecule has 0 radical (unpaired) electrons. The van der Waals surface area contributed by atoms with Crippen LogP contribution in [-0.4, -0.2) is 19.1 Å². The van der Waals surface area contributed by atoms with Crippen molar-refractivity contribution in [3.8, 4) is 0 Å². The van der Waals surface area contributed by atoms with E-state index in [1.165, 1.54) is 24.9 Å².